The van der Waals surface area contributed by atoms with Crippen LogP contribution in [-0.2, 0) is 11.3 Å². The maximum absolute atomic E-state index is 12.3. The highest BCUT2D eigenvalue weighted by Gasteiger charge is 2.11. The second-order valence-corrected chi connectivity index (χ2v) is 5.98. The van der Waals surface area contributed by atoms with Crippen molar-refractivity contribution in [2.24, 2.45) is 0 Å². The molecule has 130 valence electrons. The Bertz CT molecular complexity index is 925. The molecule has 1 N–H and O–H groups in total. The summed E-state index contributed by atoms with van der Waals surface area (Å²) < 4.78 is 5.30. The highest BCUT2D eigenvalue weighted by atomic mass is 35.5. The monoisotopic (exact) mass is 365 g/mol. The molecule has 0 atom stereocenters. The zero-order valence-corrected chi connectivity index (χ0v) is 14.6. The van der Waals surface area contributed by atoms with Gasteiger partial charge in [0.2, 0.25) is 0 Å². The zero-order valence-electron chi connectivity index (χ0n) is 13.8. The number of anilines is 1. The van der Waals surface area contributed by atoms with Crippen molar-refractivity contribution in [2.75, 3.05) is 5.32 Å². The third-order valence-corrected chi connectivity index (χ3v) is 4.08. The molecular weight excluding hydrogens is 350 g/mol. The molecule has 0 radical (unpaired) electrons. The lowest BCUT2D eigenvalue weighted by atomic mass is 10.1. The number of nitrogens with one attached hydrogen (secondary N) is 1. The van der Waals surface area contributed by atoms with Crippen molar-refractivity contribution in [3.63, 3.8) is 0 Å². The summed E-state index contributed by atoms with van der Waals surface area (Å²) in [6.07, 6.45) is 0. The lowest BCUT2D eigenvalue weighted by molar-refractivity contribution is 0.0472. The average molecular weight is 366 g/mol. The minimum atomic E-state index is -0.485. The van der Waals surface area contributed by atoms with E-state index in [-0.39, 0.29) is 12.5 Å². The fraction of sp³-hybridized carbons (Fsp3) is 0.0476. The molecule has 26 heavy (non-hydrogen) atoms. The van der Waals surface area contributed by atoms with Gasteiger partial charge in [-0.2, -0.15) is 0 Å². The maximum Gasteiger partial charge on any atom is 0.338 e. The van der Waals surface area contributed by atoms with Gasteiger partial charge in [-0.15, -0.1) is 0 Å². The van der Waals surface area contributed by atoms with Crippen molar-refractivity contribution in [3.8, 4) is 0 Å². The molecule has 0 bridgehead atoms. The van der Waals surface area contributed by atoms with Gasteiger partial charge in [0.15, 0.2) is 0 Å². The summed E-state index contributed by atoms with van der Waals surface area (Å²) in [6.45, 7) is 0.0824. The van der Waals surface area contributed by atoms with Gasteiger partial charge in [0.05, 0.1) is 5.56 Å². The van der Waals surface area contributed by atoms with Crippen molar-refractivity contribution >= 4 is 29.2 Å². The molecule has 0 aliphatic rings. The Morgan fingerprint density at radius 2 is 1.54 bits per heavy atom. The van der Waals surface area contributed by atoms with Crippen molar-refractivity contribution < 1.29 is 14.3 Å². The lowest BCUT2D eigenvalue weighted by Gasteiger charge is -2.09. The van der Waals surface area contributed by atoms with Crippen LogP contribution in [0.4, 0.5) is 5.69 Å². The van der Waals surface area contributed by atoms with E-state index in [1.165, 1.54) is 0 Å². The van der Waals surface area contributed by atoms with Gasteiger partial charge < -0.3 is 10.1 Å². The molecule has 0 aliphatic carbocycles. The van der Waals surface area contributed by atoms with E-state index in [9.17, 15) is 9.59 Å². The second kappa shape index (κ2) is 8.32. The molecule has 3 aromatic carbocycles. The van der Waals surface area contributed by atoms with E-state index in [0.29, 0.717) is 21.8 Å². The largest absolute Gasteiger partial charge is 0.457 e. The molecule has 0 saturated heterocycles. The number of carbonyl (C=O) groups excluding carboxylic acids is 2. The summed E-state index contributed by atoms with van der Waals surface area (Å²) >= 11 is 6.06. The zero-order chi connectivity index (χ0) is 18.4. The third kappa shape index (κ3) is 4.49. The van der Waals surface area contributed by atoms with Crippen LogP contribution in [0.25, 0.3) is 0 Å². The summed E-state index contributed by atoms with van der Waals surface area (Å²) in [6, 6.07) is 22.6. The van der Waals surface area contributed by atoms with Gasteiger partial charge in [-0.05, 0) is 36.4 Å². The first kappa shape index (κ1) is 17.7. The van der Waals surface area contributed by atoms with Crippen LogP contribution in [0.5, 0.6) is 0 Å². The number of amides is 1. The molecule has 0 unspecified atom stereocenters. The molecule has 3 rings (SSSR count). The number of hydrogen-bond donors (Lipinski definition) is 1. The molecule has 0 spiro atoms. The van der Waals surface area contributed by atoms with Crippen molar-refractivity contribution in [2.45, 2.75) is 6.61 Å². The minimum Gasteiger partial charge on any atom is -0.457 e. The Hall–Kier alpha value is -3.11. The minimum absolute atomic E-state index is 0.0824. The number of carbonyl (C=O) groups is 2. The van der Waals surface area contributed by atoms with Crippen LogP contribution in [0.15, 0.2) is 78.9 Å². The van der Waals surface area contributed by atoms with E-state index in [0.717, 1.165) is 5.56 Å². The molecular formula is C21H16ClNO3. The van der Waals surface area contributed by atoms with E-state index in [1.54, 1.807) is 60.7 Å². The SMILES string of the molecule is O=C(Nc1cccc(C(=O)OCc2ccccc2Cl)c1)c1ccccc1. The highest BCUT2D eigenvalue weighted by Crippen LogP contribution is 2.18. The molecule has 0 aromatic heterocycles. The van der Waals surface area contributed by atoms with Gasteiger partial charge >= 0.3 is 5.97 Å². The van der Waals surface area contributed by atoms with Gasteiger partial charge in [0.25, 0.3) is 5.91 Å². The smallest absolute Gasteiger partial charge is 0.338 e. The fourth-order valence-electron chi connectivity index (χ4n) is 2.36. The van der Waals surface area contributed by atoms with Gasteiger partial charge in [-0.25, -0.2) is 4.79 Å². The van der Waals surface area contributed by atoms with Crippen LogP contribution in [-0.4, -0.2) is 11.9 Å². The van der Waals surface area contributed by atoms with Crippen LogP contribution < -0.4 is 5.32 Å². The standard InChI is InChI=1S/C21H16ClNO3/c22-19-12-5-4-9-17(19)14-26-21(25)16-10-6-11-18(13-16)23-20(24)15-7-2-1-3-8-15/h1-13H,14H2,(H,23,24). The summed E-state index contributed by atoms with van der Waals surface area (Å²) in [5.74, 6) is -0.729. The van der Waals surface area contributed by atoms with Gasteiger partial charge in [-0.3, -0.25) is 4.79 Å². The third-order valence-electron chi connectivity index (χ3n) is 3.71. The second-order valence-electron chi connectivity index (χ2n) is 5.57. The Morgan fingerprint density at radius 1 is 0.846 bits per heavy atom. The van der Waals surface area contributed by atoms with Crippen molar-refractivity contribution in [1.82, 2.24) is 0 Å². The van der Waals surface area contributed by atoms with Crippen LogP contribution in [0.3, 0.4) is 0 Å². The average Bonchev–Trinajstić information content (AvgIpc) is 2.68. The van der Waals surface area contributed by atoms with Crippen LogP contribution in [0, 0.1) is 0 Å². The topological polar surface area (TPSA) is 55.4 Å². The van der Waals surface area contributed by atoms with E-state index in [2.05, 4.69) is 5.32 Å². The Balaban J connectivity index is 1.66. The number of ether oxygens (including phenoxy) is 1. The van der Waals surface area contributed by atoms with Crippen LogP contribution >= 0.6 is 11.6 Å². The number of rotatable bonds is 5. The fourth-order valence-corrected chi connectivity index (χ4v) is 2.55. The maximum atomic E-state index is 12.3. The molecule has 1 amide bonds. The van der Waals surface area contributed by atoms with Gasteiger partial charge in [-0.1, -0.05) is 54.1 Å². The Kier molecular flexibility index (Phi) is 5.66. The van der Waals surface area contributed by atoms with E-state index < -0.39 is 5.97 Å². The van der Waals surface area contributed by atoms with Crippen LogP contribution in [0.2, 0.25) is 5.02 Å². The number of halogens is 1. The predicted molar refractivity (Wildman–Crippen MR) is 101 cm³/mol. The number of hydrogen-bond acceptors (Lipinski definition) is 3. The molecule has 5 heteroatoms. The van der Waals surface area contributed by atoms with Crippen LogP contribution in [0.1, 0.15) is 26.3 Å². The number of esters is 1. The molecule has 3 aromatic rings. The van der Waals surface area contributed by atoms with Gasteiger partial charge in [0.1, 0.15) is 6.61 Å². The predicted octanol–water partition coefficient (Wildman–Crippen LogP) is 4.95. The normalized spacial score (nSPS) is 10.2. The molecule has 0 heterocycles. The summed E-state index contributed by atoms with van der Waals surface area (Å²) in [4.78, 5) is 24.5. The highest BCUT2D eigenvalue weighted by molar-refractivity contribution is 6.31. The van der Waals surface area contributed by atoms with E-state index >= 15 is 0 Å². The summed E-state index contributed by atoms with van der Waals surface area (Å²) in [5, 5.41) is 3.31. The van der Waals surface area contributed by atoms with E-state index in [4.69, 9.17) is 16.3 Å². The number of benzene rings is 3. The van der Waals surface area contributed by atoms with Crippen molar-refractivity contribution in [1.29, 1.82) is 0 Å². The first-order valence-corrected chi connectivity index (χ1v) is 8.38. The lowest BCUT2D eigenvalue weighted by Crippen LogP contribution is -2.12. The Morgan fingerprint density at radius 3 is 2.31 bits per heavy atom. The quantitative estimate of drug-likeness (QED) is 0.651. The molecule has 0 fully saturated rings. The van der Waals surface area contributed by atoms with Gasteiger partial charge in [0, 0.05) is 21.8 Å². The molecule has 0 aliphatic heterocycles. The Labute approximate surface area is 156 Å². The molecule has 4 nitrogen and oxygen atoms in total. The summed E-state index contributed by atoms with van der Waals surface area (Å²) in [5.41, 5.74) is 2.14. The molecule has 0 saturated carbocycles. The summed E-state index contributed by atoms with van der Waals surface area (Å²) in [7, 11) is 0. The van der Waals surface area contributed by atoms with Crippen molar-refractivity contribution in [3.05, 3.63) is 101 Å². The first-order valence-electron chi connectivity index (χ1n) is 8.00. The van der Waals surface area contributed by atoms with E-state index in [1.807, 2.05) is 18.2 Å². The first-order chi connectivity index (χ1) is 12.6.